The van der Waals surface area contributed by atoms with Crippen LogP contribution in [0.25, 0.3) is 10.9 Å². The second-order valence-electron chi connectivity index (χ2n) is 10.8. The smallest absolute Gasteiger partial charge is 0.418 e. The molecular weight excluding hydrogens is 648 g/mol. The van der Waals surface area contributed by atoms with Crippen molar-refractivity contribution in [1.82, 2.24) is 25.7 Å². The van der Waals surface area contributed by atoms with Crippen LogP contribution in [0.1, 0.15) is 26.0 Å². The van der Waals surface area contributed by atoms with Gasteiger partial charge in [-0.1, -0.05) is 5.16 Å². The lowest BCUT2D eigenvalue weighted by Crippen LogP contribution is -2.76. The van der Waals surface area contributed by atoms with Gasteiger partial charge in [-0.25, -0.2) is 14.8 Å². The zero-order valence-corrected chi connectivity index (χ0v) is 26.0. The molecule has 0 aliphatic carbocycles. The highest BCUT2D eigenvalue weighted by molar-refractivity contribution is 7.80. The van der Waals surface area contributed by atoms with Gasteiger partial charge in [0.15, 0.2) is 10.8 Å². The monoisotopic (exact) mass is 678 g/mol. The maximum atomic E-state index is 13.2. The molecule has 0 saturated carbocycles. The lowest BCUT2D eigenvalue weighted by molar-refractivity contribution is -0.218. The van der Waals surface area contributed by atoms with Crippen LogP contribution in [0.2, 0.25) is 0 Å². The molecule has 5 rings (SSSR count). The van der Waals surface area contributed by atoms with E-state index in [2.05, 4.69) is 35.4 Å². The number of carbonyl (C=O) groups excluding carboxylic acids is 2. The lowest BCUT2D eigenvalue weighted by Gasteiger charge is -2.50. The van der Waals surface area contributed by atoms with Crippen molar-refractivity contribution in [3.63, 3.8) is 0 Å². The number of thiazole rings is 1. The van der Waals surface area contributed by atoms with Crippen molar-refractivity contribution in [2.24, 2.45) is 5.16 Å². The van der Waals surface area contributed by atoms with Crippen molar-refractivity contribution in [2.75, 3.05) is 30.7 Å². The SMILES string of the molecule is CC1(C)[C@H](NC(=O)/C(=N\OC(COc2ccc3nc(N[C@H]4CCNC4)ccc3c2)C(=O)O)c2csc(N)n2)C(=O)N1OS(=O)(=O)O. The van der Waals surface area contributed by atoms with Crippen molar-refractivity contribution in [1.29, 1.82) is 0 Å². The van der Waals surface area contributed by atoms with Crippen LogP contribution in [0, 0.1) is 0 Å². The molecule has 2 aliphatic heterocycles. The van der Waals surface area contributed by atoms with E-state index >= 15 is 0 Å². The number of rotatable bonds is 13. The van der Waals surface area contributed by atoms with Gasteiger partial charge in [-0.2, -0.15) is 13.5 Å². The summed E-state index contributed by atoms with van der Waals surface area (Å²) in [6.07, 6.45) is -0.681. The van der Waals surface area contributed by atoms with Crippen LogP contribution >= 0.6 is 11.3 Å². The minimum Gasteiger partial charge on any atom is -0.489 e. The first-order valence-corrected chi connectivity index (χ1v) is 16.0. The molecule has 4 heterocycles. The number of nitrogens with zero attached hydrogens (tertiary/aromatic N) is 4. The number of carboxylic acids is 1. The van der Waals surface area contributed by atoms with Crippen LogP contribution in [0.3, 0.4) is 0 Å². The molecule has 2 aromatic heterocycles. The quantitative estimate of drug-likeness (QED) is 0.0608. The summed E-state index contributed by atoms with van der Waals surface area (Å²) in [5, 5.41) is 25.1. The molecule has 18 nitrogen and oxygen atoms in total. The molecule has 0 spiro atoms. The van der Waals surface area contributed by atoms with Gasteiger partial charge in [-0.3, -0.25) is 14.1 Å². The molecule has 2 saturated heterocycles. The van der Waals surface area contributed by atoms with Gasteiger partial charge < -0.3 is 36.4 Å². The van der Waals surface area contributed by atoms with Gasteiger partial charge in [-0.05, 0) is 57.1 Å². The van der Waals surface area contributed by atoms with Crippen LogP contribution in [-0.2, 0) is 33.9 Å². The standard InChI is InChI=1S/C26H30N8O10S2/c1-26(2)21(23(36)34(26)44-46(39,40)41)32-22(35)20(17-12-45-25(27)31-17)33-43-18(24(37)38)11-42-15-4-5-16-13(9-15)3-6-19(30-16)29-14-7-8-28-10-14/h3-6,9,12,14,18,21,28H,7-8,10-11H2,1-2H3,(H2,27,31)(H,29,30)(H,32,35)(H,37,38)(H,39,40,41)/b33-20-/t14-,18?,21+/m0/s1. The lowest BCUT2D eigenvalue weighted by atomic mass is 9.84. The van der Waals surface area contributed by atoms with Crippen molar-refractivity contribution in [2.45, 2.75) is 44.0 Å². The predicted molar refractivity (Wildman–Crippen MR) is 163 cm³/mol. The van der Waals surface area contributed by atoms with Crippen molar-refractivity contribution in [3.8, 4) is 5.75 Å². The summed E-state index contributed by atoms with van der Waals surface area (Å²) in [5.41, 5.74) is 4.37. The van der Waals surface area contributed by atoms with Gasteiger partial charge >= 0.3 is 16.4 Å². The number of aromatic nitrogens is 2. The summed E-state index contributed by atoms with van der Waals surface area (Å²) in [7, 11) is -5.01. The molecule has 20 heteroatoms. The summed E-state index contributed by atoms with van der Waals surface area (Å²) in [4.78, 5) is 51.5. The fourth-order valence-electron chi connectivity index (χ4n) is 4.72. The van der Waals surface area contributed by atoms with Gasteiger partial charge in [0.1, 0.15) is 29.9 Å². The molecular formula is C26H30N8O10S2. The first kappa shape index (κ1) is 32.8. The number of oxime groups is 1. The number of aliphatic carboxylic acids is 1. The van der Waals surface area contributed by atoms with E-state index in [4.69, 9.17) is 19.9 Å². The molecule has 7 N–H and O–H groups in total. The minimum absolute atomic E-state index is 0.0608. The highest BCUT2D eigenvalue weighted by Crippen LogP contribution is 2.33. The Balaban J connectivity index is 1.27. The number of anilines is 2. The Bertz CT molecular complexity index is 1790. The molecule has 46 heavy (non-hydrogen) atoms. The highest BCUT2D eigenvalue weighted by Gasteiger charge is 2.58. The largest absolute Gasteiger partial charge is 0.489 e. The molecule has 0 bridgehead atoms. The molecule has 3 atom stereocenters. The zero-order chi connectivity index (χ0) is 33.2. The van der Waals surface area contributed by atoms with Crippen LogP contribution in [0.4, 0.5) is 10.9 Å². The van der Waals surface area contributed by atoms with E-state index < -0.39 is 58.2 Å². The predicted octanol–water partition coefficient (Wildman–Crippen LogP) is 0.140. The fourth-order valence-corrected chi connectivity index (χ4v) is 5.72. The average Bonchev–Trinajstić information content (AvgIpc) is 3.67. The number of nitrogen functional groups attached to an aromatic ring is 1. The second kappa shape index (κ2) is 13.0. The third kappa shape index (κ3) is 7.42. The topological polar surface area (TPSA) is 257 Å². The fraction of sp³-hybridized carbons (Fsp3) is 0.385. The number of carboxylic acid groups (broad SMARTS) is 1. The van der Waals surface area contributed by atoms with E-state index in [0.717, 1.165) is 42.1 Å². The van der Waals surface area contributed by atoms with E-state index in [1.54, 1.807) is 18.2 Å². The third-order valence-electron chi connectivity index (χ3n) is 7.12. The Morgan fingerprint density at radius 2 is 2.07 bits per heavy atom. The van der Waals surface area contributed by atoms with Gasteiger partial charge in [0.05, 0.1) is 11.1 Å². The molecule has 2 aliphatic rings. The van der Waals surface area contributed by atoms with Gasteiger partial charge in [0.2, 0.25) is 0 Å². The number of benzene rings is 1. The summed E-state index contributed by atoms with van der Waals surface area (Å²) in [6, 6.07) is 7.73. The Morgan fingerprint density at radius 3 is 2.70 bits per heavy atom. The highest BCUT2D eigenvalue weighted by atomic mass is 32.3. The van der Waals surface area contributed by atoms with Crippen LogP contribution < -0.4 is 26.4 Å². The number of hydrogen-bond donors (Lipinski definition) is 6. The first-order chi connectivity index (χ1) is 21.7. The zero-order valence-electron chi connectivity index (χ0n) is 24.4. The van der Waals surface area contributed by atoms with Crippen molar-refractivity contribution in [3.05, 3.63) is 41.4 Å². The number of hydroxylamine groups is 2. The number of fused-ring (bicyclic) bond motifs is 1. The van der Waals surface area contributed by atoms with E-state index in [1.165, 1.54) is 19.2 Å². The number of hydrogen-bond acceptors (Lipinski definition) is 15. The Labute approximate surface area is 265 Å². The van der Waals surface area contributed by atoms with Gasteiger partial charge in [-0.15, -0.1) is 15.6 Å². The molecule has 1 unspecified atom stereocenters. The first-order valence-electron chi connectivity index (χ1n) is 13.7. The average molecular weight is 679 g/mol. The number of β-lactam (4-membered cyclic amide) rings is 1. The van der Waals surface area contributed by atoms with Crippen LogP contribution in [-0.4, -0.2) is 100 Å². The molecule has 3 aromatic rings. The Kier molecular flexibility index (Phi) is 9.26. The van der Waals surface area contributed by atoms with Crippen LogP contribution in [0.5, 0.6) is 5.75 Å². The summed E-state index contributed by atoms with van der Waals surface area (Å²) in [5.74, 6) is -2.39. The van der Waals surface area contributed by atoms with Crippen molar-refractivity contribution < 1.29 is 46.3 Å². The summed E-state index contributed by atoms with van der Waals surface area (Å²) < 4.78 is 41.1. The van der Waals surface area contributed by atoms with Crippen molar-refractivity contribution >= 4 is 67.1 Å². The van der Waals surface area contributed by atoms with E-state index in [0.29, 0.717) is 22.4 Å². The Hall–Kier alpha value is -4.63. The van der Waals surface area contributed by atoms with Crippen LogP contribution in [0.15, 0.2) is 40.9 Å². The summed E-state index contributed by atoms with van der Waals surface area (Å²) >= 11 is 0.961. The third-order valence-corrected chi connectivity index (χ3v) is 8.13. The molecule has 246 valence electrons. The Morgan fingerprint density at radius 1 is 1.28 bits per heavy atom. The minimum atomic E-state index is -5.01. The van der Waals surface area contributed by atoms with E-state index in [9.17, 15) is 27.9 Å². The number of ether oxygens (including phenoxy) is 1. The number of amides is 2. The number of nitrogens with one attached hydrogen (secondary N) is 3. The van der Waals surface area contributed by atoms with E-state index in [-0.39, 0.29) is 10.8 Å². The second-order valence-corrected chi connectivity index (χ2v) is 12.7. The number of carbonyl (C=O) groups is 3. The maximum absolute atomic E-state index is 13.2. The maximum Gasteiger partial charge on any atom is 0.418 e. The number of nitrogens with two attached hydrogens (primary N) is 1. The molecule has 2 fully saturated rings. The van der Waals surface area contributed by atoms with Gasteiger partial charge in [0, 0.05) is 23.4 Å². The van der Waals surface area contributed by atoms with Gasteiger partial charge in [0.25, 0.3) is 17.9 Å². The molecule has 0 radical (unpaired) electrons. The molecule has 1 aromatic carbocycles. The van der Waals surface area contributed by atoms with E-state index in [1.807, 2.05) is 12.1 Å². The number of pyridine rings is 1. The normalized spacial score (nSPS) is 20.2. The molecule has 2 amide bonds. The summed E-state index contributed by atoms with van der Waals surface area (Å²) in [6.45, 7) is 4.03.